The number of aromatic nitrogens is 2. The normalized spacial score (nSPS) is 11.2. The van der Waals surface area contributed by atoms with Gasteiger partial charge < -0.3 is 14.8 Å². The summed E-state index contributed by atoms with van der Waals surface area (Å²) in [4.78, 5) is 23.2. The average molecular weight is 515 g/mol. The lowest BCUT2D eigenvalue weighted by atomic mass is 10.2. The fourth-order valence-electron chi connectivity index (χ4n) is 2.79. The number of ether oxygens (including phenoxy) is 2. The van der Waals surface area contributed by atoms with Gasteiger partial charge in [-0.25, -0.2) is 0 Å². The van der Waals surface area contributed by atoms with Gasteiger partial charge in [0.2, 0.25) is 0 Å². The number of methoxy groups -OCH3 is 1. The molecular formula is C19H14BrF3N4O5. The van der Waals surface area contributed by atoms with E-state index in [0.29, 0.717) is 10.4 Å². The fraction of sp³-hybridized carbons (Fsp3) is 0.158. The van der Waals surface area contributed by atoms with Gasteiger partial charge >= 0.3 is 6.18 Å². The molecule has 0 atom stereocenters. The Morgan fingerprint density at radius 2 is 1.88 bits per heavy atom. The molecule has 2 aromatic carbocycles. The second-order valence-corrected chi connectivity index (χ2v) is 7.11. The molecule has 32 heavy (non-hydrogen) atoms. The molecule has 1 N–H and O–H groups in total. The first-order chi connectivity index (χ1) is 15.0. The zero-order valence-corrected chi connectivity index (χ0v) is 18.0. The molecule has 0 spiro atoms. The number of para-hydroxylation sites is 2. The number of carbonyl (C=O) groups excluding carboxylic acids is 1. The van der Waals surface area contributed by atoms with E-state index in [-0.39, 0.29) is 17.2 Å². The van der Waals surface area contributed by atoms with E-state index in [1.165, 1.54) is 13.2 Å². The van der Waals surface area contributed by atoms with E-state index in [2.05, 4.69) is 26.3 Å². The number of nitrogens with one attached hydrogen (secondary N) is 1. The smallest absolute Gasteiger partial charge is 0.434 e. The minimum Gasteiger partial charge on any atom is -0.493 e. The number of rotatable bonds is 6. The van der Waals surface area contributed by atoms with Crippen LogP contribution >= 0.6 is 15.9 Å². The van der Waals surface area contributed by atoms with Crippen molar-refractivity contribution in [2.45, 2.75) is 6.18 Å². The highest BCUT2D eigenvalue weighted by atomic mass is 79.9. The van der Waals surface area contributed by atoms with Gasteiger partial charge in [0.05, 0.1) is 28.3 Å². The Balaban J connectivity index is 1.95. The maximum absolute atomic E-state index is 13.2. The Hall–Kier alpha value is -3.61. The van der Waals surface area contributed by atoms with Crippen LogP contribution in [0.3, 0.4) is 0 Å². The van der Waals surface area contributed by atoms with Gasteiger partial charge in [-0.1, -0.05) is 12.1 Å². The summed E-state index contributed by atoms with van der Waals surface area (Å²) in [6, 6.07) is 9.99. The number of alkyl halides is 3. The molecule has 168 valence electrons. The van der Waals surface area contributed by atoms with Crippen LogP contribution in [-0.4, -0.2) is 27.7 Å². The van der Waals surface area contributed by atoms with Crippen molar-refractivity contribution in [1.82, 2.24) is 9.78 Å². The molecule has 0 saturated heterocycles. The van der Waals surface area contributed by atoms with Gasteiger partial charge in [-0.15, -0.1) is 0 Å². The number of halogens is 4. The third-order valence-corrected chi connectivity index (χ3v) is 4.88. The summed E-state index contributed by atoms with van der Waals surface area (Å²) in [6.45, 7) is 0. The van der Waals surface area contributed by atoms with Gasteiger partial charge in [-0.3, -0.25) is 19.6 Å². The molecule has 0 aliphatic rings. The highest BCUT2D eigenvalue weighted by Gasteiger charge is 2.39. The summed E-state index contributed by atoms with van der Waals surface area (Å²) in [6.07, 6.45) is -4.75. The quantitative estimate of drug-likeness (QED) is 0.359. The Kier molecular flexibility index (Phi) is 6.39. The first-order valence-corrected chi connectivity index (χ1v) is 9.52. The SMILES string of the molecule is COc1ccccc1Oc1cc(NC(=O)c2nn(C)c(C(F)(F)F)c2Br)cc([N+](=O)[O-])c1. The average Bonchev–Trinajstić information content (AvgIpc) is 3.02. The van der Waals surface area contributed by atoms with Gasteiger partial charge in [-0.2, -0.15) is 18.3 Å². The number of anilines is 1. The van der Waals surface area contributed by atoms with Crippen LogP contribution in [-0.2, 0) is 13.2 Å². The largest absolute Gasteiger partial charge is 0.493 e. The van der Waals surface area contributed by atoms with E-state index in [4.69, 9.17) is 9.47 Å². The number of hydrogen-bond donors (Lipinski definition) is 1. The zero-order valence-electron chi connectivity index (χ0n) is 16.4. The molecule has 13 heteroatoms. The first kappa shape index (κ1) is 23.1. The van der Waals surface area contributed by atoms with Crippen molar-refractivity contribution in [2.75, 3.05) is 12.4 Å². The Morgan fingerprint density at radius 1 is 1.22 bits per heavy atom. The molecular weight excluding hydrogens is 501 g/mol. The number of amides is 1. The molecule has 0 radical (unpaired) electrons. The number of hydrogen-bond acceptors (Lipinski definition) is 6. The molecule has 3 aromatic rings. The Bertz CT molecular complexity index is 1200. The molecule has 3 rings (SSSR count). The summed E-state index contributed by atoms with van der Waals surface area (Å²) in [5.74, 6) is -0.390. The Labute approximate surface area is 187 Å². The topological polar surface area (TPSA) is 109 Å². The van der Waals surface area contributed by atoms with Crippen molar-refractivity contribution < 1.29 is 32.4 Å². The lowest BCUT2D eigenvalue weighted by Crippen LogP contribution is -2.14. The summed E-state index contributed by atoms with van der Waals surface area (Å²) < 4.78 is 50.2. The molecule has 1 amide bonds. The number of aryl methyl sites for hydroxylation is 1. The van der Waals surface area contributed by atoms with Crippen LogP contribution in [0.1, 0.15) is 16.2 Å². The zero-order chi connectivity index (χ0) is 23.6. The van der Waals surface area contributed by atoms with E-state index in [1.807, 2.05) is 0 Å². The second-order valence-electron chi connectivity index (χ2n) is 6.31. The predicted molar refractivity (Wildman–Crippen MR) is 110 cm³/mol. The van der Waals surface area contributed by atoms with Gasteiger partial charge in [0.1, 0.15) is 5.75 Å². The standard InChI is InChI=1S/C19H14BrF3N4O5/c1-26-17(19(21,22)23)15(20)16(25-26)18(28)24-10-7-11(27(29)30)9-12(8-10)32-14-6-4-3-5-13(14)31-2/h3-9H,1-2H3,(H,24,28). The van der Waals surface area contributed by atoms with Crippen molar-refractivity contribution in [3.63, 3.8) is 0 Å². The summed E-state index contributed by atoms with van der Waals surface area (Å²) >= 11 is 2.75. The third kappa shape index (κ3) is 4.82. The molecule has 0 saturated carbocycles. The van der Waals surface area contributed by atoms with Gasteiger partial charge in [0, 0.05) is 19.2 Å². The first-order valence-electron chi connectivity index (χ1n) is 8.72. The number of nitro groups is 1. The molecule has 0 unspecified atom stereocenters. The van der Waals surface area contributed by atoms with E-state index in [0.717, 1.165) is 19.2 Å². The van der Waals surface area contributed by atoms with Crippen molar-refractivity contribution >= 4 is 33.2 Å². The van der Waals surface area contributed by atoms with Crippen LogP contribution in [0, 0.1) is 10.1 Å². The summed E-state index contributed by atoms with van der Waals surface area (Å²) in [5, 5.41) is 17.2. The molecule has 1 heterocycles. The van der Waals surface area contributed by atoms with E-state index >= 15 is 0 Å². The van der Waals surface area contributed by atoms with Crippen LogP contribution in [0.4, 0.5) is 24.5 Å². The molecule has 1 aromatic heterocycles. The Morgan fingerprint density at radius 3 is 2.44 bits per heavy atom. The molecule has 9 nitrogen and oxygen atoms in total. The van der Waals surface area contributed by atoms with Crippen molar-refractivity contribution in [3.05, 3.63) is 68.4 Å². The molecule has 0 bridgehead atoms. The van der Waals surface area contributed by atoms with E-state index in [1.54, 1.807) is 24.3 Å². The number of nitro benzene ring substituents is 1. The number of nitrogens with zero attached hydrogens (tertiary/aromatic N) is 3. The summed E-state index contributed by atoms with van der Waals surface area (Å²) in [5.41, 5.74) is -2.19. The van der Waals surface area contributed by atoms with Gasteiger partial charge in [0.15, 0.2) is 22.9 Å². The molecule has 0 fully saturated rings. The molecule has 0 aliphatic heterocycles. The van der Waals surface area contributed by atoms with Crippen molar-refractivity contribution in [3.8, 4) is 17.2 Å². The molecule has 0 aliphatic carbocycles. The number of non-ortho nitro benzene ring substituents is 1. The van der Waals surface area contributed by atoms with Crippen LogP contribution < -0.4 is 14.8 Å². The van der Waals surface area contributed by atoms with E-state index < -0.39 is 38.6 Å². The maximum Gasteiger partial charge on any atom is 0.434 e. The highest BCUT2D eigenvalue weighted by Crippen LogP contribution is 2.37. The van der Waals surface area contributed by atoms with Crippen molar-refractivity contribution in [1.29, 1.82) is 0 Å². The highest BCUT2D eigenvalue weighted by molar-refractivity contribution is 9.10. The van der Waals surface area contributed by atoms with E-state index in [9.17, 15) is 28.1 Å². The van der Waals surface area contributed by atoms with Crippen molar-refractivity contribution in [2.24, 2.45) is 7.05 Å². The number of benzene rings is 2. The minimum absolute atomic E-state index is 0.00457. The minimum atomic E-state index is -4.75. The lowest BCUT2D eigenvalue weighted by molar-refractivity contribution is -0.384. The number of carbonyl (C=O) groups is 1. The lowest BCUT2D eigenvalue weighted by Gasteiger charge is -2.11. The maximum atomic E-state index is 13.2. The third-order valence-electron chi connectivity index (χ3n) is 4.13. The van der Waals surface area contributed by atoms with Gasteiger partial charge in [0.25, 0.3) is 11.6 Å². The fourth-order valence-corrected chi connectivity index (χ4v) is 3.53. The monoisotopic (exact) mass is 514 g/mol. The van der Waals surface area contributed by atoms with Gasteiger partial charge in [-0.05, 0) is 28.1 Å². The van der Waals surface area contributed by atoms with Crippen LogP contribution in [0.25, 0.3) is 0 Å². The van der Waals surface area contributed by atoms with Crippen LogP contribution in [0.2, 0.25) is 0 Å². The predicted octanol–water partition coefficient (Wildman–Crippen LogP) is 5.16. The summed E-state index contributed by atoms with van der Waals surface area (Å²) in [7, 11) is 2.46. The second kappa shape index (κ2) is 8.86. The van der Waals surface area contributed by atoms with Crippen LogP contribution in [0.15, 0.2) is 46.9 Å². The van der Waals surface area contributed by atoms with Crippen LogP contribution in [0.5, 0.6) is 17.2 Å².